The van der Waals surface area contributed by atoms with E-state index in [0.29, 0.717) is 12.0 Å². The Labute approximate surface area is 268 Å². The quantitative estimate of drug-likeness (QED) is 0.325. The van der Waals surface area contributed by atoms with Crippen molar-refractivity contribution >= 4 is 43.1 Å². The molecule has 2 aromatic heterocycles. The van der Waals surface area contributed by atoms with E-state index in [9.17, 15) is 39.6 Å². The van der Waals surface area contributed by atoms with Gasteiger partial charge in [0.05, 0.1) is 17.1 Å². The van der Waals surface area contributed by atoms with Crippen LogP contribution in [-0.2, 0) is 40.9 Å². The number of carbonyl (C=O) groups excluding carboxylic acids is 2. The maximum absolute atomic E-state index is 12.5. The van der Waals surface area contributed by atoms with Gasteiger partial charge in [-0.15, -0.1) is 0 Å². The second-order valence-electron chi connectivity index (χ2n) is 14.0. The van der Waals surface area contributed by atoms with Crippen LogP contribution < -0.4 is 10.6 Å². The summed E-state index contributed by atoms with van der Waals surface area (Å²) in [6.07, 6.45) is 0.563. The van der Waals surface area contributed by atoms with Gasteiger partial charge in [-0.05, 0) is 77.3 Å². The summed E-state index contributed by atoms with van der Waals surface area (Å²) in [5, 5.41) is 8.62. The van der Waals surface area contributed by atoms with Crippen LogP contribution in [-0.4, -0.2) is 59.8 Å². The number of hydrogen-bond donors (Lipinski definition) is 2. The maximum atomic E-state index is 12.5. The molecule has 2 aliphatic carbocycles. The summed E-state index contributed by atoms with van der Waals surface area (Å²) in [6, 6.07) is 3.40. The highest BCUT2D eigenvalue weighted by Gasteiger charge is 2.45. The molecular formula is C30H43F3N4O7S2. The Kier molecular flexibility index (Phi) is 10.8. The molecule has 11 nitrogen and oxygen atoms in total. The van der Waals surface area contributed by atoms with Crippen molar-refractivity contribution in [2.75, 3.05) is 22.1 Å². The lowest BCUT2D eigenvalue weighted by Gasteiger charge is -2.30. The van der Waals surface area contributed by atoms with Gasteiger partial charge in [-0.25, -0.2) is 21.8 Å². The summed E-state index contributed by atoms with van der Waals surface area (Å²) in [4.78, 5) is 28.2. The van der Waals surface area contributed by atoms with Crippen molar-refractivity contribution in [2.45, 2.75) is 102 Å². The monoisotopic (exact) mass is 692 g/mol. The van der Waals surface area contributed by atoms with Gasteiger partial charge in [0.2, 0.25) is 11.8 Å². The summed E-state index contributed by atoms with van der Waals surface area (Å²) < 4.78 is 89.1. The number of aromatic nitrogens is 2. The Morgan fingerprint density at radius 3 is 1.63 bits per heavy atom. The molecule has 0 saturated heterocycles. The van der Waals surface area contributed by atoms with Gasteiger partial charge < -0.3 is 15.2 Å². The third-order valence-corrected chi connectivity index (χ3v) is 13.6. The number of amides is 2. The fourth-order valence-corrected chi connectivity index (χ4v) is 7.53. The molecule has 4 rings (SSSR count). The van der Waals surface area contributed by atoms with Crippen LogP contribution in [0.15, 0.2) is 28.9 Å². The highest BCUT2D eigenvalue weighted by Crippen LogP contribution is 2.35. The van der Waals surface area contributed by atoms with Crippen LogP contribution in [0.3, 0.4) is 0 Å². The molecule has 0 bridgehead atoms. The highest BCUT2D eigenvalue weighted by molar-refractivity contribution is 7.93. The van der Waals surface area contributed by atoms with Crippen LogP contribution in [0.4, 0.5) is 24.8 Å². The zero-order valence-electron chi connectivity index (χ0n) is 27.1. The van der Waals surface area contributed by atoms with Crippen LogP contribution in [0.25, 0.3) is 0 Å². The summed E-state index contributed by atoms with van der Waals surface area (Å²) in [6.45, 7) is 11.3. The number of sulfone groups is 2. The van der Waals surface area contributed by atoms with Crippen LogP contribution in [0.2, 0.25) is 0 Å². The van der Waals surface area contributed by atoms with E-state index in [4.69, 9.17) is 4.52 Å². The summed E-state index contributed by atoms with van der Waals surface area (Å²) in [5.74, 6) is -0.363. The Morgan fingerprint density at radius 2 is 1.28 bits per heavy atom. The third kappa shape index (κ3) is 9.07. The Balaban J connectivity index is 0.000000251. The molecule has 0 radical (unpaired) electrons. The molecule has 46 heavy (non-hydrogen) atoms. The topological polar surface area (TPSA) is 165 Å². The first-order valence-electron chi connectivity index (χ1n) is 14.9. The Morgan fingerprint density at radius 1 is 0.804 bits per heavy atom. The molecular weight excluding hydrogens is 649 g/mol. The average Bonchev–Trinajstić information content (AvgIpc) is 3.57. The largest absolute Gasteiger partial charge is 0.417 e. The van der Waals surface area contributed by atoms with Crippen LogP contribution >= 0.6 is 0 Å². The molecule has 2 heterocycles. The number of halogens is 3. The molecule has 2 fully saturated rings. The number of alkyl halides is 3. The second kappa shape index (κ2) is 13.2. The summed E-state index contributed by atoms with van der Waals surface area (Å²) in [5.41, 5.74) is -1.18. The van der Waals surface area contributed by atoms with Crippen LogP contribution in [0.1, 0.15) is 91.9 Å². The fraction of sp³-hybridized carbons (Fsp3) is 0.667. The van der Waals surface area contributed by atoms with E-state index in [-0.39, 0.29) is 40.4 Å². The molecule has 258 valence electrons. The standard InChI is InChI=1S/C15H19F3N2O3S.C15H24N2O4S/c1-14(2,24(22,23)9-10-4-3-5-10)13(21)20-12-7-6-11(8-19-12)15(16,17)18;1-14(2,3)11-8-12(17-21-11)16-13(18)15(4,5)22(19,20)9-10-6-7-10/h6-8,10H,3-5,9H2,1-2H3,(H,19,20,21);8,10H,6-7,9H2,1-5H3,(H,16,17,18). The minimum atomic E-state index is -4.53. The van der Waals surface area contributed by atoms with E-state index in [1.807, 2.05) is 20.8 Å². The molecule has 2 amide bonds. The minimum absolute atomic E-state index is 0.0616. The van der Waals surface area contributed by atoms with Gasteiger partial charge in [0, 0.05) is 17.7 Å². The normalized spacial score (nSPS) is 16.6. The van der Waals surface area contributed by atoms with Gasteiger partial charge in [0.25, 0.3) is 0 Å². The zero-order chi connectivity index (χ0) is 34.9. The van der Waals surface area contributed by atoms with Gasteiger partial charge in [0.1, 0.15) is 21.1 Å². The van der Waals surface area contributed by atoms with Crippen LogP contribution in [0, 0.1) is 11.8 Å². The van der Waals surface area contributed by atoms with Crippen molar-refractivity contribution in [2.24, 2.45) is 11.8 Å². The molecule has 0 aromatic carbocycles. The zero-order valence-corrected chi connectivity index (χ0v) is 28.7. The van der Waals surface area contributed by atoms with E-state index in [2.05, 4.69) is 20.8 Å². The molecule has 2 saturated carbocycles. The van der Waals surface area contributed by atoms with Crippen molar-refractivity contribution < 1.29 is 44.1 Å². The lowest BCUT2D eigenvalue weighted by Crippen LogP contribution is -2.47. The van der Waals surface area contributed by atoms with Crippen molar-refractivity contribution in [3.05, 3.63) is 35.7 Å². The van der Waals surface area contributed by atoms with Crippen molar-refractivity contribution in [3.8, 4) is 0 Å². The number of hydrogen-bond acceptors (Lipinski definition) is 9. The molecule has 2 aromatic rings. The third-order valence-electron chi connectivity index (χ3n) is 8.30. The smallest absolute Gasteiger partial charge is 0.359 e. The number of pyridine rings is 1. The molecule has 0 aliphatic heterocycles. The van der Waals surface area contributed by atoms with E-state index in [0.717, 1.165) is 44.2 Å². The number of carbonyl (C=O) groups is 2. The summed E-state index contributed by atoms with van der Waals surface area (Å²) >= 11 is 0. The van der Waals surface area contributed by atoms with E-state index in [1.54, 1.807) is 6.07 Å². The SMILES string of the molecule is CC(C)(C(=O)Nc1ccc(C(F)(F)F)cn1)S(=O)(=O)CC1CCC1.CC(C)(C)c1cc(NC(=O)C(C)(C)S(=O)(=O)CC2CC2)no1. The van der Waals surface area contributed by atoms with Gasteiger partial charge in [0.15, 0.2) is 25.5 Å². The van der Waals surface area contributed by atoms with E-state index >= 15 is 0 Å². The minimum Gasteiger partial charge on any atom is -0.359 e. The summed E-state index contributed by atoms with van der Waals surface area (Å²) in [7, 11) is -7.20. The van der Waals surface area contributed by atoms with Gasteiger partial charge >= 0.3 is 6.18 Å². The van der Waals surface area contributed by atoms with Gasteiger partial charge in [-0.1, -0.05) is 32.3 Å². The Hall–Kier alpha value is -3.01. The average molecular weight is 693 g/mol. The molecule has 0 spiro atoms. The molecule has 0 unspecified atom stereocenters. The van der Waals surface area contributed by atoms with Crippen molar-refractivity contribution in [3.63, 3.8) is 0 Å². The lowest BCUT2D eigenvalue weighted by atomic mass is 9.87. The van der Waals surface area contributed by atoms with Gasteiger partial charge in [-0.2, -0.15) is 13.2 Å². The predicted molar refractivity (Wildman–Crippen MR) is 167 cm³/mol. The Bertz CT molecular complexity index is 1620. The number of anilines is 2. The number of nitrogens with zero attached hydrogens (tertiary/aromatic N) is 2. The second-order valence-corrected chi connectivity index (χ2v) is 19.2. The first-order chi connectivity index (χ1) is 20.9. The van der Waals surface area contributed by atoms with Crippen LogP contribution in [0.5, 0.6) is 0 Å². The van der Waals surface area contributed by atoms with Gasteiger partial charge in [-0.3, -0.25) is 9.59 Å². The molecule has 0 atom stereocenters. The molecule has 2 aliphatic rings. The number of rotatable bonds is 10. The lowest BCUT2D eigenvalue weighted by molar-refractivity contribution is -0.137. The first kappa shape index (κ1) is 37.4. The van der Waals surface area contributed by atoms with E-state index in [1.165, 1.54) is 27.7 Å². The van der Waals surface area contributed by atoms with E-state index < -0.39 is 52.7 Å². The number of nitrogens with one attached hydrogen (secondary N) is 2. The highest BCUT2D eigenvalue weighted by atomic mass is 32.2. The van der Waals surface area contributed by atoms with Crippen molar-refractivity contribution in [1.82, 2.24) is 10.1 Å². The molecule has 16 heteroatoms. The molecule has 2 N–H and O–H groups in total. The maximum Gasteiger partial charge on any atom is 0.417 e. The predicted octanol–water partition coefficient (Wildman–Crippen LogP) is 5.55. The first-order valence-corrected chi connectivity index (χ1v) is 18.3. The van der Waals surface area contributed by atoms with Crippen molar-refractivity contribution in [1.29, 1.82) is 0 Å². The fourth-order valence-electron chi connectivity index (χ4n) is 4.12.